The van der Waals surface area contributed by atoms with Crippen LogP contribution >= 0.6 is 0 Å². The zero-order chi connectivity index (χ0) is 32.1. The summed E-state index contributed by atoms with van der Waals surface area (Å²) in [5.74, 6) is -0.709. The van der Waals surface area contributed by atoms with Gasteiger partial charge in [-0.1, -0.05) is 24.6 Å². The SMILES string of the molecule is CC1(C)C[C@](F)(C(=O)C[C@@H]2CC[C@@H](Oc3ccc(C(C)(C)C(=O)NS(C)(=O)=O)cc3-c3cccc(F)c3C3CCC3)C2)CN1. The molecule has 3 atom stereocenters. The van der Waals surface area contributed by atoms with E-state index in [2.05, 4.69) is 10.0 Å². The average Bonchev–Trinajstić information content (AvgIpc) is 3.45. The molecule has 2 N–H and O–H groups in total. The van der Waals surface area contributed by atoms with Crippen molar-refractivity contribution >= 4 is 21.7 Å². The Kier molecular flexibility index (Phi) is 8.74. The van der Waals surface area contributed by atoms with Crippen LogP contribution in [0.2, 0.25) is 0 Å². The topological polar surface area (TPSA) is 102 Å². The summed E-state index contributed by atoms with van der Waals surface area (Å²) in [6.45, 7) is 7.12. The van der Waals surface area contributed by atoms with Gasteiger partial charge < -0.3 is 10.1 Å². The molecule has 1 heterocycles. The van der Waals surface area contributed by atoms with E-state index in [1.54, 1.807) is 38.1 Å². The van der Waals surface area contributed by atoms with Crippen LogP contribution in [-0.2, 0) is 25.0 Å². The maximum atomic E-state index is 15.5. The highest BCUT2D eigenvalue weighted by atomic mass is 32.2. The number of hydrogen-bond acceptors (Lipinski definition) is 6. The van der Waals surface area contributed by atoms with Crippen LogP contribution in [0.5, 0.6) is 5.75 Å². The number of Topliss-reactive ketones (excluding diaryl/α,β-unsaturated/α-hetero) is 1. The molecule has 1 amide bonds. The number of ketones is 1. The Morgan fingerprint density at radius 3 is 2.43 bits per heavy atom. The van der Waals surface area contributed by atoms with E-state index in [1.165, 1.54) is 6.07 Å². The number of benzene rings is 2. The number of alkyl halides is 1. The Bertz CT molecular complexity index is 1550. The first-order chi connectivity index (χ1) is 20.5. The van der Waals surface area contributed by atoms with Gasteiger partial charge in [0, 0.05) is 30.5 Å². The van der Waals surface area contributed by atoms with Gasteiger partial charge in [-0.05, 0) is 107 Å². The number of rotatable bonds is 10. The Morgan fingerprint density at radius 1 is 1.09 bits per heavy atom. The lowest BCUT2D eigenvalue weighted by molar-refractivity contribution is -0.130. The predicted molar refractivity (Wildman–Crippen MR) is 166 cm³/mol. The number of amides is 1. The first-order valence-corrected chi connectivity index (χ1v) is 17.5. The van der Waals surface area contributed by atoms with Crippen LogP contribution in [0.15, 0.2) is 36.4 Å². The smallest absolute Gasteiger partial charge is 0.243 e. The third-order valence-corrected chi connectivity index (χ3v) is 10.3. The number of carbonyl (C=O) groups excluding carboxylic acids is 2. The lowest BCUT2D eigenvalue weighted by Crippen LogP contribution is -2.42. The van der Waals surface area contributed by atoms with Gasteiger partial charge >= 0.3 is 0 Å². The fraction of sp³-hybridized carbons (Fsp3) is 0.588. The van der Waals surface area contributed by atoms with Crippen LogP contribution in [0.4, 0.5) is 8.78 Å². The molecule has 7 nitrogen and oxygen atoms in total. The first kappa shape index (κ1) is 32.5. The molecule has 2 aliphatic carbocycles. The predicted octanol–water partition coefficient (Wildman–Crippen LogP) is 6.10. The molecular weight excluding hydrogens is 586 g/mol. The van der Waals surface area contributed by atoms with Gasteiger partial charge in [-0.25, -0.2) is 17.2 Å². The lowest BCUT2D eigenvalue weighted by Gasteiger charge is -2.30. The van der Waals surface area contributed by atoms with Gasteiger partial charge in [0.2, 0.25) is 15.9 Å². The van der Waals surface area contributed by atoms with Crippen molar-refractivity contribution in [2.45, 2.75) is 108 Å². The molecule has 2 aromatic carbocycles. The monoisotopic (exact) mass is 630 g/mol. The van der Waals surface area contributed by atoms with Crippen molar-refractivity contribution in [3.8, 4) is 16.9 Å². The second kappa shape index (κ2) is 11.8. The minimum atomic E-state index is -3.77. The molecule has 0 spiro atoms. The van der Waals surface area contributed by atoms with Crippen molar-refractivity contribution in [1.82, 2.24) is 10.0 Å². The first-order valence-electron chi connectivity index (χ1n) is 15.6. The van der Waals surface area contributed by atoms with E-state index < -0.39 is 32.6 Å². The normalized spacial score (nSPS) is 25.4. The Hall–Kier alpha value is -2.85. The quantitative estimate of drug-likeness (QED) is 0.329. The molecule has 0 unspecified atom stereocenters. The second-order valence-corrected chi connectivity index (χ2v) is 16.0. The molecule has 3 aliphatic rings. The van der Waals surface area contributed by atoms with Crippen LogP contribution in [0, 0.1) is 11.7 Å². The van der Waals surface area contributed by atoms with Gasteiger partial charge in [0.05, 0.1) is 17.8 Å². The summed E-state index contributed by atoms with van der Waals surface area (Å²) in [5.41, 5.74) is -0.987. The van der Waals surface area contributed by atoms with Gasteiger partial charge in [-0.2, -0.15) is 0 Å². The highest BCUT2D eigenvalue weighted by Crippen LogP contribution is 2.46. The lowest BCUT2D eigenvalue weighted by atomic mass is 9.76. The summed E-state index contributed by atoms with van der Waals surface area (Å²) in [4.78, 5) is 26.0. The fourth-order valence-electron chi connectivity index (χ4n) is 6.89. The molecule has 240 valence electrons. The number of sulfonamides is 1. The van der Waals surface area contributed by atoms with Crippen molar-refractivity contribution in [3.63, 3.8) is 0 Å². The van der Waals surface area contributed by atoms with E-state index in [4.69, 9.17) is 4.74 Å². The van der Waals surface area contributed by atoms with Crippen molar-refractivity contribution in [2.75, 3.05) is 12.8 Å². The summed E-state index contributed by atoms with van der Waals surface area (Å²) in [7, 11) is -3.77. The molecule has 1 saturated heterocycles. The molecule has 0 bridgehead atoms. The van der Waals surface area contributed by atoms with Crippen LogP contribution < -0.4 is 14.8 Å². The van der Waals surface area contributed by atoms with Gasteiger partial charge in [0.25, 0.3) is 0 Å². The second-order valence-electron chi connectivity index (χ2n) is 14.3. The van der Waals surface area contributed by atoms with Crippen molar-refractivity contribution in [1.29, 1.82) is 0 Å². The maximum absolute atomic E-state index is 15.5. The van der Waals surface area contributed by atoms with Gasteiger partial charge in [0.15, 0.2) is 11.5 Å². The van der Waals surface area contributed by atoms with Crippen LogP contribution in [-0.4, -0.2) is 50.2 Å². The molecule has 2 aromatic rings. The van der Waals surface area contributed by atoms with Crippen molar-refractivity contribution in [3.05, 3.63) is 53.3 Å². The van der Waals surface area contributed by atoms with Crippen LogP contribution in [0.25, 0.3) is 11.1 Å². The molecule has 5 rings (SSSR count). The third-order valence-electron chi connectivity index (χ3n) is 9.73. The fourth-order valence-corrected chi connectivity index (χ4v) is 7.48. The van der Waals surface area contributed by atoms with Gasteiger partial charge in [0.1, 0.15) is 11.6 Å². The third kappa shape index (κ3) is 6.86. The molecule has 0 aromatic heterocycles. The average molecular weight is 631 g/mol. The van der Waals surface area contributed by atoms with E-state index in [9.17, 15) is 18.0 Å². The molecule has 10 heteroatoms. The number of nitrogens with one attached hydrogen (secondary N) is 2. The summed E-state index contributed by atoms with van der Waals surface area (Å²) in [6.07, 6.45) is 5.87. The van der Waals surface area contributed by atoms with E-state index in [0.717, 1.165) is 31.9 Å². The maximum Gasteiger partial charge on any atom is 0.243 e. The molecule has 44 heavy (non-hydrogen) atoms. The largest absolute Gasteiger partial charge is 0.490 e. The Labute approximate surface area is 259 Å². The Morgan fingerprint density at radius 2 is 1.82 bits per heavy atom. The minimum absolute atomic E-state index is 0.00453. The van der Waals surface area contributed by atoms with E-state index in [1.807, 2.05) is 19.9 Å². The number of carbonyl (C=O) groups is 2. The standard InChI is InChI=1S/C34H44F2N2O5S/c1-32(2)19-34(36,20-37-32)29(39)17-21-12-14-24(16-21)43-28-15-13-23(33(3,4)31(40)38-44(5,41)42)18-26(28)25-10-7-11-27(35)30(25)22-8-6-9-22/h7,10-11,13,15,18,21-22,24,37H,6,8-9,12,14,16-17,19-20H2,1-5H3,(H,38,40)/t21-,24-,34-/m1/s1. The summed E-state index contributed by atoms with van der Waals surface area (Å²) < 4.78 is 63.1. The van der Waals surface area contributed by atoms with E-state index in [0.29, 0.717) is 40.8 Å². The molecular formula is C34H44F2N2O5S. The highest BCUT2D eigenvalue weighted by molar-refractivity contribution is 7.89. The van der Waals surface area contributed by atoms with Crippen LogP contribution in [0.3, 0.4) is 0 Å². The zero-order valence-corrected chi connectivity index (χ0v) is 27.1. The highest BCUT2D eigenvalue weighted by Gasteiger charge is 2.49. The number of ether oxygens (including phenoxy) is 1. The van der Waals surface area contributed by atoms with Crippen LogP contribution in [0.1, 0.15) is 96.1 Å². The number of halogens is 2. The summed E-state index contributed by atoms with van der Waals surface area (Å²) >= 11 is 0. The Balaban J connectivity index is 1.42. The van der Waals surface area contributed by atoms with E-state index >= 15 is 8.78 Å². The molecule has 3 fully saturated rings. The zero-order valence-electron chi connectivity index (χ0n) is 26.3. The van der Waals surface area contributed by atoms with Crippen molar-refractivity contribution < 1.29 is 31.5 Å². The molecule has 1 aliphatic heterocycles. The van der Waals surface area contributed by atoms with E-state index in [-0.39, 0.29) is 48.9 Å². The summed E-state index contributed by atoms with van der Waals surface area (Å²) in [6, 6.07) is 10.3. The van der Waals surface area contributed by atoms with Gasteiger partial charge in [-0.3, -0.25) is 14.3 Å². The van der Waals surface area contributed by atoms with Crippen molar-refractivity contribution in [2.24, 2.45) is 5.92 Å². The summed E-state index contributed by atoms with van der Waals surface area (Å²) in [5, 5.41) is 3.11. The minimum Gasteiger partial charge on any atom is -0.490 e. The molecule has 2 saturated carbocycles. The molecule has 0 radical (unpaired) electrons. The number of hydrogen-bond donors (Lipinski definition) is 2. The van der Waals surface area contributed by atoms with Gasteiger partial charge in [-0.15, -0.1) is 0 Å².